The van der Waals surface area contributed by atoms with Gasteiger partial charge in [-0.3, -0.25) is 9.59 Å². The molecule has 7 heteroatoms. The Morgan fingerprint density at radius 3 is 2.48 bits per heavy atom. The average molecular weight is 302 g/mol. The number of carbonyl (C=O) groups is 1. The summed E-state index contributed by atoms with van der Waals surface area (Å²) in [6.07, 6.45) is -3.89. The molecule has 1 rings (SSSR count). The number of halogens is 3. The van der Waals surface area contributed by atoms with E-state index in [9.17, 15) is 22.8 Å². The molecule has 0 bridgehead atoms. The molecule has 0 saturated carbocycles. The van der Waals surface area contributed by atoms with Gasteiger partial charge in [0.15, 0.2) is 0 Å². The summed E-state index contributed by atoms with van der Waals surface area (Å²) in [5.41, 5.74) is -0.859. The summed E-state index contributed by atoms with van der Waals surface area (Å²) < 4.78 is 38.6. The van der Waals surface area contributed by atoms with E-state index < -0.39 is 29.8 Å². The van der Waals surface area contributed by atoms with Crippen molar-refractivity contribution in [2.45, 2.75) is 26.6 Å². The monoisotopic (exact) mass is 302 g/mol. The predicted molar refractivity (Wildman–Crippen MR) is 72.8 cm³/mol. The smallest absolute Gasteiger partial charge is 0.337 e. The number of aromatic nitrogens is 1. The Hall–Kier alpha value is -2.05. The first kappa shape index (κ1) is 17.0. The molecule has 0 spiro atoms. The minimum atomic E-state index is -4.55. The number of likely N-dealkylation sites (N-methyl/N-ethyl adjacent to an activating group) is 1. The summed E-state index contributed by atoms with van der Waals surface area (Å²) in [5, 5.41) is 0. The van der Waals surface area contributed by atoms with Crippen LogP contribution < -0.4 is 5.56 Å². The summed E-state index contributed by atoms with van der Waals surface area (Å²) in [6, 6.07) is 1.51. The molecule has 0 fully saturated rings. The van der Waals surface area contributed by atoms with Gasteiger partial charge < -0.3 is 9.47 Å². The van der Waals surface area contributed by atoms with Crippen LogP contribution in [0.15, 0.2) is 35.3 Å². The number of rotatable bonds is 5. The van der Waals surface area contributed by atoms with Crippen molar-refractivity contribution in [2.75, 3.05) is 13.1 Å². The molecule has 1 aromatic rings. The molecule has 0 N–H and O–H groups in total. The number of amides is 1. The average Bonchev–Trinajstić information content (AvgIpc) is 2.36. The summed E-state index contributed by atoms with van der Waals surface area (Å²) in [6.45, 7) is 7.44. The summed E-state index contributed by atoms with van der Waals surface area (Å²) >= 11 is 0. The molecule has 0 atom stereocenters. The number of alkyl halides is 3. The van der Waals surface area contributed by atoms with E-state index in [0.29, 0.717) is 25.4 Å². The third-order valence-electron chi connectivity index (χ3n) is 2.81. The Balaban J connectivity index is 2.99. The highest BCUT2D eigenvalue weighted by molar-refractivity contribution is 5.76. The van der Waals surface area contributed by atoms with E-state index in [1.54, 1.807) is 13.8 Å². The largest absolute Gasteiger partial charge is 0.417 e. The van der Waals surface area contributed by atoms with Crippen molar-refractivity contribution in [2.24, 2.45) is 0 Å². The van der Waals surface area contributed by atoms with Crippen molar-refractivity contribution in [3.63, 3.8) is 0 Å². The number of hydrogen-bond acceptors (Lipinski definition) is 2. The molecule has 4 nitrogen and oxygen atoms in total. The van der Waals surface area contributed by atoms with Gasteiger partial charge in [-0.2, -0.15) is 13.2 Å². The highest BCUT2D eigenvalue weighted by Crippen LogP contribution is 2.27. The molecule has 0 radical (unpaired) electrons. The van der Waals surface area contributed by atoms with Gasteiger partial charge in [-0.15, -0.1) is 0 Å². The first-order valence-electron chi connectivity index (χ1n) is 6.35. The van der Waals surface area contributed by atoms with Crippen LogP contribution in [0.4, 0.5) is 13.2 Å². The fourth-order valence-corrected chi connectivity index (χ4v) is 1.77. The second-order valence-electron chi connectivity index (χ2n) is 4.75. The minimum Gasteiger partial charge on any atom is -0.337 e. The Morgan fingerprint density at radius 1 is 1.38 bits per heavy atom. The van der Waals surface area contributed by atoms with Crippen LogP contribution in [0.1, 0.15) is 19.4 Å². The lowest BCUT2D eigenvalue weighted by Crippen LogP contribution is -2.37. The highest BCUT2D eigenvalue weighted by Gasteiger charge is 2.31. The molecule has 1 amide bonds. The Kier molecular flexibility index (Phi) is 5.34. The maximum absolute atomic E-state index is 12.6. The quantitative estimate of drug-likeness (QED) is 0.783. The van der Waals surface area contributed by atoms with Crippen molar-refractivity contribution < 1.29 is 18.0 Å². The van der Waals surface area contributed by atoms with Gasteiger partial charge in [-0.1, -0.05) is 12.2 Å². The van der Waals surface area contributed by atoms with Crippen LogP contribution in [0.3, 0.4) is 0 Å². The third kappa shape index (κ3) is 4.77. The number of nitrogens with zero attached hydrogens (tertiary/aromatic N) is 2. The normalized spacial score (nSPS) is 11.3. The second-order valence-corrected chi connectivity index (χ2v) is 4.75. The molecule has 0 aliphatic rings. The lowest BCUT2D eigenvalue weighted by Gasteiger charge is -2.21. The van der Waals surface area contributed by atoms with Gasteiger partial charge in [0.05, 0.1) is 5.56 Å². The van der Waals surface area contributed by atoms with Crippen molar-refractivity contribution in [3.05, 3.63) is 46.4 Å². The fourth-order valence-electron chi connectivity index (χ4n) is 1.77. The maximum atomic E-state index is 12.6. The van der Waals surface area contributed by atoms with Gasteiger partial charge in [0.25, 0.3) is 5.56 Å². The van der Waals surface area contributed by atoms with Crippen LogP contribution in [0.5, 0.6) is 0 Å². The van der Waals surface area contributed by atoms with Crippen LogP contribution in [0.2, 0.25) is 0 Å². The molecule has 1 aromatic heterocycles. The Morgan fingerprint density at radius 2 is 2.00 bits per heavy atom. The van der Waals surface area contributed by atoms with Crippen molar-refractivity contribution in [3.8, 4) is 0 Å². The van der Waals surface area contributed by atoms with E-state index in [1.807, 2.05) is 0 Å². The van der Waals surface area contributed by atoms with Crippen LogP contribution in [-0.2, 0) is 17.5 Å². The molecule has 116 valence electrons. The van der Waals surface area contributed by atoms with E-state index in [-0.39, 0.29) is 0 Å². The van der Waals surface area contributed by atoms with Crippen LogP contribution >= 0.6 is 0 Å². The second kappa shape index (κ2) is 6.60. The van der Waals surface area contributed by atoms with Crippen LogP contribution in [-0.4, -0.2) is 28.5 Å². The molecular formula is C14H17F3N2O2. The first-order valence-corrected chi connectivity index (χ1v) is 6.35. The standard InChI is InChI=1S/C14H17F3N2O2/c1-4-18(7-10(2)3)13(21)9-19-8-11(14(15,16)17)5-6-12(19)20/h5-6,8H,2,4,7,9H2,1,3H3. The van der Waals surface area contributed by atoms with Crippen molar-refractivity contribution >= 4 is 5.91 Å². The Bertz CT molecular complexity index is 591. The molecule has 21 heavy (non-hydrogen) atoms. The van der Waals surface area contributed by atoms with Gasteiger partial charge in [0.1, 0.15) is 6.54 Å². The zero-order valence-corrected chi connectivity index (χ0v) is 11.9. The number of pyridine rings is 1. The van der Waals surface area contributed by atoms with E-state index in [4.69, 9.17) is 0 Å². The predicted octanol–water partition coefficient (Wildman–Crippen LogP) is 2.29. The number of hydrogen-bond donors (Lipinski definition) is 0. The molecule has 0 saturated heterocycles. The van der Waals surface area contributed by atoms with Crippen molar-refractivity contribution in [1.82, 2.24) is 9.47 Å². The van der Waals surface area contributed by atoms with Crippen LogP contribution in [0.25, 0.3) is 0 Å². The first-order chi connectivity index (χ1) is 9.65. The summed E-state index contributed by atoms with van der Waals surface area (Å²) in [7, 11) is 0. The molecular weight excluding hydrogens is 285 g/mol. The summed E-state index contributed by atoms with van der Waals surface area (Å²) in [4.78, 5) is 25.0. The van der Waals surface area contributed by atoms with E-state index in [2.05, 4.69) is 6.58 Å². The minimum absolute atomic E-state index is 0.309. The van der Waals surface area contributed by atoms with E-state index >= 15 is 0 Å². The number of carbonyl (C=O) groups excluding carboxylic acids is 1. The van der Waals surface area contributed by atoms with E-state index in [0.717, 1.165) is 16.2 Å². The zero-order valence-electron chi connectivity index (χ0n) is 11.9. The van der Waals surface area contributed by atoms with Gasteiger partial charge in [0.2, 0.25) is 5.91 Å². The lowest BCUT2D eigenvalue weighted by atomic mass is 10.2. The molecule has 0 aliphatic carbocycles. The molecule has 0 unspecified atom stereocenters. The fraction of sp³-hybridized carbons (Fsp3) is 0.429. The summed E-state index contributed by atoms with van der Waals surface area (Å²) in [5.74, 6) is -0.429. The lowest BCUT2D eigenvalue weighted by molar-refractivity contribution is -0.138. The van der Waals surface area contributed by atoms with Gasteiger partial charge >= 0.3 is 6.18 Å². The topological polar surface area (TPSA) is 42.3 Å². The highest BCUT2D eigenvalue weighted by atomic mass is 19.4. The molecule has 1 heterocycles. The Labute approximate surface area is 120 Å². The van der Waals surface area contributed by atoms with Crippen LogP contribution in [0, 0.1) is 0 Å². The zero-order chi connectivity index (χ0) is 16.2. The molecule has 0 aliphatic heterocycles. The SMILES string of the molecule is C=C(C)CN(CC)C(=O)Cn1cc(C(F)(F)F)ccc1=O. The van der Waals surface area contributed by atoms with Gasteiger partial charge in [-0.25, -0.2) is 0 Å². The third-order valence-corrected chi connectivity index (χ3v) is 2.81. The van der Waals surface area contributed by atoms with Gasteiger partial charge in [-0.05, 0) is 19.9 Å². The maximum Gasteiger partial charge on any atom is 0.417 e. The molecule has 0 aromatic carbocycles. The van der Waals surface area contributed by atoms with Gasteiger partial charge in [0, 0.05) is 25.4 Å². The van der Waals surface area contributed by atoms with Crippen molar-refractivity contribution in [1.29, 1.82) is 0 Å². The van der Waals surface area contributed by atoms with E-state index in [1.165, 1.54) is 4.90 Å².